The highest BCUT2D eigenvalue weighted by Crippen LogP contribution is 2.34. The Balaban J connectivity index is 2.21. The van der Waals surface area contributed by atoms with Crippen molar-refractivity contribution >= 4 is 5.78 Å². The SMILES string of the molecule is CC(=O)CC1CCC(CC(C)C)CC1. The molecule has 1 nitrogen and oxygen atoms in total. The summed E-state index contributed by atoms with van der Waals surface area (Å²) in [6, 6.07) is 0. The first kappa shape index (κ1) is 11.7. The van der Waals surface area contributed by atoms with Gasteiger partial charge >= 0.3 is 0 Å². The van der Waals surface area contributed by atoms with Crippen LogP contribution in [0.25, 0.3) is 0 Å². The summed E-state index contributed by atoms with van der Waals surface area (Å²) in [5, 5.41) is 0. The van der Waals surface area contributed by atoms with Crippen LogP contribution < -0.4 is 0 Å². The molecule has 0 saturated heterocycles. The molecule has 0 radical (unpaired) electrons. The Morgan fingerprint density at radius 1 is 1.14 bits per heavy atom. The van der Waals surface area contributed by atoms with Gasteiger partial charge in [0.15, 0.2) is 0 Å². The van der Waals surface area contributed by atoms with E-state index in [2.05, 4.69) is 13.8 Å². The van der Waals surface area contributed by atoms with Crippen LogP contribution in [0.4, 0.5) is 0 Å². The maximum atomic E-state index is 11.0. The lowest BCUT2D eigenvalue weighted by Crippen LogP contribution is -2.17. The molecule has 1 rings (SSSR count). The molecule has 0 aliphatic heterocycles. The second-order valence-electron chi connectivity index (χ2n) is 5.42. The van der Waals surface area contributed by atoms with Gasteiger partial charge in [0.05, 0.1) is 0 Å². The predicted molar refractivity (Wildman–Crippen MR) is 60.2 cm³/mol. The minimum absolute atomic E-state index is 0.373. The van der Waals surface area contributed by atoms with Crippen molar-refractivity contribution in [2.45, 2.75) is 59.3 Å². The number of Topliss-reactive ketones (excluding diaryl/α,β-unsaturated/α-hetero) is 1. The van der Waals surface area contributed by atoms with E-state index in [0.29, 0.717) is 11.7 Å². The largest absolute Gasteiger partial charge is 0.300 e. The Morgan fingerprint density at radius 2 is 1.64 bits per heavy atom. The lowest BCUT2D eigenvalue weighted by molar-refractivity contribution is -0.118. The lowest BCUT2D eigenvalue weighted by atomic mass is 9.77. The standard InChI is InChI=1S/C13H24O/c1-10(2)8-12-4-6-13(7-5-12)9-11(3)14/h10,12-13H,4-9H2,1-3H3. The van der Waals surface area contributed by atoms with Gasteiger partial charge in [0.2, 0.25) is 0 Å². The quantitative estimate of drug-likeness (QED) is 0.668. The van der Waals surface area contributed by atoms with E-state index in [1.54, 1.807) is 6.92 Å². The molecule has 1 aliphatic rings. The van der Waals surface area contributed by atoms with Crippen molar-refractivity contribution in [2.24, 2.45) is 17.8 Å². The van der Waals surface area contributed by atoms with E-state index in [1.807, 2.05) is 0 Å². The number of hydrogen-bond donors (Lipinski definition) is 0. The monoisotopic (exact) mass is 196 g/mol. The van der Waals surface area contributed by atoms with Gasteiger partial charge in [-0.15, -0.1) is 0 Å². The minimum Gasteiger partial charge on any atom is -0.300 e. The predicted octanol–water partition coefficient (Wildman–Crippen LogP) is 3.82. The molecular weight excluding hydrogens is 172 g/mol. The van der Waals surface area contributed by atoms with Crippen LogP contribution in [0, 0.1) is 17.8 Å². The van der Waals surface area contributed by atoms with Crippen molar-refractivity contribution in [3.63, 3.8) is 0 Å². The molecule has 1 saturated carbocycles. The first-order chi connectivity index (χ1) is 6.58. The van der Waals surface area contributed by atoms with Crippen LogP contribution >= 0.6 is 0 Å². The summed E-state index contributed by atoms with van der Waals surface area (Å²) in [5.74, 6) is 2.86. The first-order valence-electron chi connectivity index (χ1n) is 6.07. The van der Waals surface area contributed by atoms with Crippen LogP contribution in [0.5, 0.6) is 0 Å². The van der Waals surface area contributed by atoms with Crippen LogP contribution in [-0.2, 0) is 4.79 Å². The molecule has 0 heterocycles. The highest BCUT2D eigenvalue weighted by Gasteiger charge is 2.22. The third-order valence-corrected chi connectivity index (χ3v) is 3.35. The Labute approximate surface area is 88.3 Å². The summed E-state index contributed by atoms with van der Waals surface area (Å²) in [4.78, 5) is 11.0. The summed E-state index contributed by atoms with van der Waals surface area (Å²) in [5.41, 5.74) is 0. The van der Waals surface area contributed by atoms with Gasteiger partial charge in [-0.05, 0) is 43.9 Å². The average Bonchev–Trinajstić information content (AvgIpc) is 2.06. The fourth-order valence-corrected chi connectivity index (χ4v) is 2.74. The fraction of sp³-hybridized carbons (Fsp3) is 0.923. The molecule has 1 fully saturated rings. The molecule has 1 aliphatic carbocycles. The molecule has 0 spiro atoms. The van der Waals surface area contributed by atoms with E-state index < -0.39 is 0 Å². The van der Waals surface area contributed by atoms with E-state index in [4.69, 9.17) is 0 Å². The number of hydrogen-bond acceptors (Lipinski definition) is 1. The molecule has 0 amide bonds. The molecule has 14 heavy (non-hydrogen) atoms. The normalized spacial score (nSPS) is 28.0. The molecule has 82 valence electrons. The van der Waals surface area contributed by atoms with Gasteiger partial charge < -0.3 is 4.79 Å². The Hall–Kier alpha value is -0.330. The Kier molecular flexibility index (Phi) is 4.64. The zero-order chi connectivity index (χ0) is 10.6. The van der Waals surface area contributed by atoms with E-state index in [1.165, 1.54) is 32.1 Å². The molecule has 0 N–H and O–H groups in total. The number of ketones is 1. The number of carbonyl (C=O) groups is 1. The van der Waals surface area contributed by atoms with Crippen LogP contribution in [0.2, 0.25) is 0 Å². The summed E-state index contributed by atoms with van der Waals surface area (Å²) in [6.45, 7) is 6.34. The average molecular weight is 196 g/mol. The van der Waals surface area contributed by atoms with Crippen LogP contribution in [0.1, 0.15) is 59.3 Å². The molecule has 0 aromatic heterocycles. The van der Waals surface area contributed by atoms with Crippen LogP contribution in [-0.4, -0.2) is 5.78 Å². The molecule has 0 bridgehead atoms. The van der Waals surface area contributed by atoms with Gasteiger partial charge in [-0.3, -0.25) is 0 Å². The second-order valence-corrected chi connectivity index (χ2v) is 5.42. The lowest BCUT2D eigenvalue weighted by Gasteiger charge is -2.28. The molecular formula is C13H24O. The summed E-state index contributed by atoms with van der Waals surface area (Å²) in [6.07, 6.45) is 7.50. The van der Waals surface area contributed by atoms with Crippen molar-refractivity contribution in [2.75, 3.05) is 0 Å². The van der Waals surface area contributed by atoms with Crippen molar-refractivity contribution in [3.8, 4) is 0 Å². The highest BCUT2D eigenvalue weighted by atomic mass is 16.1. The smallest absolute Gasteiger partial charge is 0.130 e. The fourth-order valence-electron chi connectivity index (χ4n) is 2.74. The van der Waals surface area contributed by atoms with Crippen molar-refractivity contribution in [1.82, 2.24) is 0 Å². The molecule has 0 unspecified atom stereocenters. The van der Waals surface area contributed by atoms with E-state index in [9.17, 15) is 4.79 Å². The summed E-state index contributed by atoms with van der Waals surface area (Å²) < 4.78 is 0. The molecule has 0 aromatic carbocycles. The van der Waals surface area contributed by atoms with Gasteiger partial charge in [-0.1, -0.05) is 26.7 Å². The van der Waals surface area contributed by atoms with E-state index >= 15 is 0 Å². The number of carbonyl (C=O) groups excluding carboxylic acids is 1. The minimum atomic E-state index is 0.373. The number of rotatable bonds is 4. The maximum Gasteiger partial charge on any atom is 0.130 e. The van der Waals surface area contributed by atoms with Crippen LogP contribution in [0.15, 0.2) is 0 Å². The zero-order valence-corrected chi connectivity index (χ0v) is 9.88. The summed E-state index contributed by atoms with van der Waals surface area (Å²) >= 11 is 0. The van der Waals surface area contributed by atoms with Gasteiger partial charge in [0, 0.05) is 6.42 Å². The second kappa shape index (κ2) is 5.53. The van der Waals surface area contributed by atoms with Gasteiger partial charge in [0.1, 0.15) is 5.78 Å². The topological polar surface area (TPSA) is 17.1 Å². The zero-order valence-electron chi connectivity index (χ0n) is 9.88. The molecule has 0 aromatic rings. The van der Waals surface area contributed by atoms with Crippen molar-refractivity contribution in [1.29, 1.82) is 0 Å². The van der Waals surface area contributed by atoms with Gasteiger partial charge in [-0.25, -0.2) is 0 Å². The van der Waals surface area contributed by atoms with Crippen LogP contribution in [0.3, 0.4) is 0 Å². The Morgan fingerprint density at radius 3 is 2.07 bits per heavy atom. The first-order valence-corrected chi connectivity index (χ1v) is 6.07. The molecule has 1 heteroatoms. The van der Waals surface area contributed by atoms with Crippen molar-refractivity contribution in [3.05, 3.63) is 0 Å². The third-order valence-electron chi connectivity index (χ3n) is 3.35. The summed E-state index contributed by atoms with van der Waals surface area (Å²) in [7, 11) is 0. The molecule has 0 atom stereocenters. The van der Waals surface area contributed by atoms with Gasteiger partial charge in [-0.2, -0.15) is 0 Å². The van der Waals surface area contributed by atoms with Gasteiger partial charge in [0.25, 0.3) is 0 Å². The van der Waals surface area contributed by atoms with E-state index in [0.717, 1.165) is 18.3 Å². The Bertz CT molecular complexity index is 176. The third kappa shape index (κ3) is 4.26. The van der Waals surface area contributed by atoms with Crippen molar-refractivity contribution < 1.29 is 4.79 Å². The highest BCUT2D eigenvalue weighted by molar-refractivity contribution is 5.75. The van der Waals surface area contributed by atoms with E-state index in [-0.39, 0.29) is 0 Å². The maximum absolute atomic E-state index is 11.0.